The Morgan fingerprint density at radius 1 is 0.556 bits per heavy atom. The van der Waals surface area contributed by atoms with Crippen LogP contribution in [0.25, 0.3) is 71.2 Å². The van der Waals surface area contributed by atoms with Gasteiger partial charge < -0.3 is 0 Å². The maximum Gasteiger partial charge on any atom is 0.145 e. The second kappa shape index (κ2) is 7.48. The number of rotatable bonds is 0. The smallest absolute Gasteiger partial charge is 0.145 e. The van der Waals surface area contributed by atoms with Crippen LogP contribution in [0.4, 0.5) is 0 Å². The van der Waals surface area contributed by atoms with E-state index in [1.165, 1.54) is 15.8 Å². The van der Waals surface area contributed by atoms with E-state index in [2.05, 4.69) is 114 Å². The average Bonchev–Trinajstić information content (AvgIpc) is 3.55. The first-order valence-corrected chi connectivity index (χ1v) is 12.8. The largest absolute Gasteiger partial charge is 0.292 e. The van der Waals surface area contributed by atoms with Crippen molar-refractivity contribution >= 4 is 32.6 Å². The predicted molar refractivity (Wildman–Crippen MR) is 150 cm³/mol. The summed E-state index contributed by atoms with van der Waals surface area (Å²) >= 11 is 1.75. The molecule has 0 atom stereocenters. The van der Waals surface area contributed by atoms with Gasteiger partial charge in [0.05, 0.1) is 21.3 Å². The molecule has 4 heteroatoms. The van der Waals surface area contributed by atoms with Crippen molar-refractivity contribution in [1.82, 2.24) is 14.5 Å². The number of benzene rings is 5. The third-order valence-corrected chi connectivity index (χ3v) is 8.03. The second-order valence-corrected chi connectivity index (χ2v) is 10.2. The Bertz CT molecular complexity index is 1960. The molecule has 0 spiro atoms. The van der Waals surface area contributed by atoms with Crippen molar-refractivity contribution in [3.8, 4) is 49.9 Å². The summed E-state index contributed by atoms with van der Waals surface area (Å²) in [6, 6.07) is 41.0. The Balaban J connectivity index is 1.53. The third-order valence-electron chi connectivity index (χ3n) is 6.96. The molecule has 2 aromatic heterocycles. The van der Waals surface area contributed by atoms with Crippen molar-refractivity contribution in [3.05, 3.63) is 115 Å². The summed E-state index contributed by atoms with van der Waals surface area (Å²) in [6.45, 7) is 0. The van der Waals surface area contributed by atoms with Crippen LogP contribution in [0.1, 0.15) is 0 Å². The van der Waals surface area contributed by atoms with Gasteiger partial charge in [0.25, 0.3) is 0 Å². The standard InChI is InChI=1S/C32H19N3S/c1-2-15-28-27(14-1)33-31-23-10-3-7-20(17-23)21-8-4-11-24(18-21)32-34-30-26(13-6-16-29(30)36-32)22-9-5-12-25(19-22)35(28)31/h1-19H. The van der Waals surface area contributed by atoms with Gasteiger partial charge in [-0.1, -0.05) is 72.8 Å². The Morgan fingerprint density at radius 2 is 1.28 bits per heavy atom. The average molecular weight is 478 g/mol. The Labute approximate surface area is 212 Å². The summed E-state index contributed by atoms with van der Waals surface area (Å²) in [5.41, 5.74) is 11.1. The molecule has 3 nitrogen and oxygen atoms in total. The summed E-state index contributed by atoms with van der Waals surface area (Å²) in [4.78, 5) is 10.2. The number of para-hydroxylation sites is 3. The number of fused-ring (bicyclic) bond motifs is 15. The Morgan fingerprint density at radius 3 is 2.19 bits per heavy atom. The van der Waals surface area contributed by atoms with Crippen LogP contribution in [0.3, 0.4) is 0 Å². The molecule has 0 saturated heterocycles. The third kappa shape index (κ3) is 2.92. The minimum atomic E-state index is 0.940. The van der Waals surface area contributed by atoms with Crippen molar-refractivity contribution in [1.29, 1.82) is 0 Å². The Hall–Kier alpha value is -4.54. The number of hydrogen-bond acceptors (Lipinski definition) is 3. The van der Waals surface area contributed by atoms with E-state index in [1.807, 2.05) is 6.07 Å². The number of hydrogen-bond donors (Lipinski definition) is 0. The fourth-order valence-corrected chi connectivity index (χ4v) is 6.26. The summed E-state index contributed by atoms with van der Waals surface area (Å²) in [6.07, 6.45) is 0. The molecule has 8 rings (SSSR count). The molecule has 1 aliphatic heterocycles. The van der Waals surface area contributed by atoms with Crippen molar-refractivity contribution in [3.63, 3.8) is 0 Å². The van der Waals surface area contributed by atoms with E-state index in [9.17, 15) is 0 Å². The van der Waals surface area contributed by atoms with E-state index in [1.54, 1.807) is 11.3 Å². The quantitative estimate of drug-likeness (QED) is 0.219. The molecule has 0 saturated carbocycles. The number of imidazole rings is 1. The highest BCUT2D eigenvalue weighted by Gasteiger charge is 2.18. The Kier molecular flexibility index (Phi) is 4.10. The molecule has 0 fully saturated rings. The number of aromatic nitrogens is 3. The zero-order valence-electron chi connectivity index (χ0n) is 19.2. The molecule has 0 aliphatic carbocycles. The second-order valence-electron chi connectivity index (χ2n) is 9.14. The van der Waals surface area contributed by atoms with Gasteiger partial charge >= 0.3 is 0 Å². The maximum absolute atomic E-state index is 5.15. The summed E-state index contributed by atoms with van der Waals surface area (Å²) in [5, 5.41) is 1.04. The molecule has 0 radical (unpaired) electrons. The maximum atomic E-state index is 5.15. The predicted octanol–water partition coefficient (Wildman–Crippen LogP) is 8.62. The van der Waals surface area contributed by atoms with Gasteiger partial charge in [0.1, 0.15) is 10.8 Å². The molecule has 7 aromatic rings. The molecule has 0 unspecified atom stereocenters. The van der Waals surface area contributed by atoms with Crippen molar-refractivity contribution in [2.24, 2.45) is 0 Å². The van der Waals surface area contributed by atoms with Crippen molar-refractivity contribution < 1.29 is 0 Å². The highest BCUT2D eigenvalue weighted by Crippen LogP contribution is 2.39. The minimum Gasteiger partial charge on any atom is -0.292 e. The van der Waals surface area contributed by atoms with Gasteiger partial charge in [-0.3, -0.25) is 4.57 Å². The molecule has 8 bridgehead atoms. The van der Waals surface area contributed by atoms with Crippen LogP contribution in [0, 0.1) is 0 Å². The highest BCUT2D eigenvalue weighted by molar-refractivity contribution is 7.21. The van der Waals surface area contributed by atoms with Crippen LogP contribution >= 0.6 is 11.3 Å². The molecular formula is C32H19N3S. The zero-order valence-corrected chi connectivity index (χ0v) is 20.0. The first-order valence-electron chi connectivity index (χ1n) is 12.0. The zero-order chi connectivity index (χ0) is 23.6. The van der Waals surface area contributed by atoms with Crippen molar-refractivity contribution in [2.45, 2.75) is 0 Å². The van der Waals surface area contributed by atoms with Gasteiger partial charge in [0.2, 0.25) is 0 Å². The van der Waals surface area contributed by atoms with E-state index in [-0.39, 0.29) is 0 Å². The molecule has 0 amide bonds. The number of thiazole rings is 1. The molecular weight excluding hydrogens is 458 g/mol. The van der Waals surface area contributed by atoms with Crippen molar-refractivity contribution in [2.75, 3.05) is 0 Å². The van der Waals surface area contributed by atoms with Crippen LogP contribution in [0.15, 0.2) is 115 Å². The van der Waals surface area contributed by atoms with Crippen LogP contribution in [0.2, 0.25) is 0 Å². The van der Waals surface area contributed by atoms with Crippen LogP contribution in [0.5, 0.6) is 0 Å². The van der Waals surface area contributed by atoms with E-state index < -0.39 is 0 Å². The molecule has 5 aromatic carbocycles. The highest BCUT2D eigenvalue weighted by atomic mass is 32.1. The van der Waals surface area contributed by atoms with Gasteiger partial charge in [-0.05, 0) is 59.2 Å². The van der Waals surface area contributed by atoms with Gasteiger partial charge in [0, 0.05) is 22.4 Å². The summed E-state index contributed by atoms with van der Waals surface area (Å²) in [5.74, 6) is 0.940. The van der Waals surface area contributed by atoms with E-state index >= 15 is 0 Å². The normalized spacial score (nSPS) is 11.9. The first kappa shape index (κ1) is 19.7. The minimum absolute atomic E-state index is 0.940. The lowest BCUT2D eigenvalue weighted by Crippen LogP contribution is -1.98. The summed E-state index contributed by atoms with van der Waals surface area (Å²) < 4.78 is 3.47. The summed E-state index contributed by atoms with van der Waals surface area (Å²) in [7, 11) is 0. The van der Waals surface area contributed by atoms with Gasteiger partial charge in [0.15, 0.2) is 0 Å². The molecule has 168 valence electrons. The fourth-order valence-electron chi connectivity index (χ4n) is 5.27. The molecule has 36 heavy (non-hydrogen) atoms. The van der Waals surface area contributed by atoms with E-state index in [0.717, 1.165) is 55.3 Å². The monoisotopic (exact) mass is 477 g/mol. The molecule has 3 heterocycles. The fraction of sp³-hybridized carbons (Fsp3) is 0. The van der Waals surface area contributed by atoms with Gasteiger partial charge in [-0.15, -0.1) is 11.3 Å². The lowest BCUT2D eigenvalue weighted by molar-refractivity contribution is 1.10. The lowest BCUT2D eigenvalue weighted by atomic mass is 10.0. The topological polar surface area (TPSA) is 30.7 Å². The van der Waals surface area contributed by atoms with E-state index in [4.69, 9.17) is 9.97 Å². The first-order chi connectivity index (χ1) is 17.8. The lowest BCUT2D eigenvalue weighted by Gasteiger charge is -2.13. The van der Waals surface area contributed by atoms with Gasteiger partial charge in [-0.2, -0.15) is 0 Å². The van der Waals surface area contributed by atoms with Crippen LogP contribution in [-0.4, -0.2) is 14.5 Å². The SMILES string of the molecule is c1cc2cc(c1)-c1nc3c(cccc3s1)-c1cccc(c1)-n1c(nc3ccccc31)-c1cccc-2c1. The van der Waals surface area contributed by atoms with Crippen LogP contribution in [-0.2, 0) is 0 Å². The van der Waals surface area contributed by atoms with Gasteiger partial charge in [-0.25, -0.2) is 9.97 Å². The van der Waals surface area contributed by atoms with E-state index in [0.29, 0.717) is 0 Å². The molecule has 0 N–H and O–H groups in total. The van der Waals surface area contributed by atoms with Crippen LogP contribution < -0.4 is 0 Å². The molecule has 1 aliphatic rings. The number of nitrogens with zero attached hydrogens (tertiary/aromatic N) is 3.